The van der Waals surface area contributed by atoms with Gasteiger partial charge in [0.05, 0.1) is 7.11 Å². The predicted octanol–water partition coefficient (Wildman–Crippen LogP) is 2.60. The molecule has 2 heterocycles. The first-order valence-electron chi connectivity index (χ1n) is 4.69. The zero-order valence-corrected chi connectivity index (χ0v) is 9.73. The minimum Gasteiger partial charge on any atom is -0.465 e. The first-order chi connectivity index (χ1) is 8.26. The molecule has 0 aliphatic heterocycles. The van der Waals surface area contributed by atoms with Crippen LogP contribution < -0.4 is 0 Å². The fraction of sp³-hybridized carbons (Fsp3) is 0.0909. The lowest BCUT2D eigenvalue weighted by Crippen LogP contribution is -1.99. The Kier molecular flexibility index (Phi) is 3.24. The van der Waals surface area contributed by atoms with Gasteiger partial charge in [0.2, 0.25) is 0 Å². The van der Waals surface area contributed by atoms with Crippen molar-refractivity contribution in [3.05, 3.63) is 34.2 Å². The highest BCUT2D eigenvalue weighted by Crippen LogP contribution is 2.30. The number of rotatable bonds is 3. The Morgan fingerprint density at radius 3 is 3.06 bits per heavy atom. The Balaban J connectivity index is 2.39. The van der Waals surface area contributed by atoms with E-state index in [2.05, 4.69) is 9.89 Å². The molecule has 0 spiro atoms. The number of hydrogen-bond donors (Lipinski definition) is 1. The Labute approximate surface area is 101 Å². The van der Waals surface area contributed by atoms with E-state index < -0.39 is 5.97 Å². The Bertz CT molecular complexity index is 555. The second-order valence-electron chi connectivity index (χ2n) is 3.10. The smallest absolute Gasteiger partial charge is 0.348 e. The second kappa shape index (κ2) is 4.84. The van der Waals surface area contributed by atoms with Crippen molar-refractivity contribution in [2.24, 2.45) is 5.16 Å². The summed E-state index contributed by atoms with van der Waals surface area (Å²) < 4.78 is 10.1. The van der Waals surface area contributed by atoms with Gasteiger partial charge in [-0.25, -0.2) is 4.79 Å². The molecule has 0 saturated heterocycles. The van der Waals surface area contributed by atoms with Crippen LogP contribution in [-0.2, 0) is 4.74 Å². The average molecular weight is 251 g/mol. The highest BCUT2D eigenvalue weighted by Gasteiger charge is 2.17. The number of ether oxygens (including phenoxy) is 1. The van der Waals surface area contributed by atoms with Gasteiger partial charge in [-0.1, -0.05) is 5.16 Å². The Hall–Kier alpha value is -2.08. The van der Waals surface area contributed by atoms with Gasteiger partial charge in [0.25, 0.3) is 0 Å². The quantitative estimate of drug-likeness (QED) is 0.394. The van der Waals surface area contributed by atoms with Gasteiger partial charge in [-0.3, -0.25) is 0 Å². The van der Waals surface area contributed by atoms with Crippen LogP contribution in [0.1, 0.15) is 15.4 Å². The molecule has 5 nitrogen and oxygen atoms in total. The van der Waals surface area contributed by atoms with Gasteiger partial charge in [0.1, 0.15) is 22.6 Å². The van der Waals surface area contributed by atoms with Crippen LogP contribution in [0.2, 0.25) is 0 Å². The van der Waals surface area contributed by atoms with Crippen molar-refractivity contribution in [1.29, 1.82) is 0 Å². The third-order valence-corrected chi connectivity index (χ3v) is 3.01. The van der Waals surface area contributed by atoms with Gasteiger partial charge in [-0.05, 0) is 23.6 Å². The van der Waals surface area contributed by atoms with Crippen LogP contribution in [0.5, 0.6) is 0 Å². The van der Waals surface area contributed by atoms with E-state index in [0.29, 0.717) is 22.0 Å². The average Bonchev–Trinajstić information content (AvgIpc) is 2.95. The summed E-state index contributed by atoms with van der Waals surface area (Å²) in [6.07, 6.45) is 1.17. The van der Waals surface area contributed by atoms with Crippen LogP contribution in [0, 0.1) is 0 Å². The molecule has 0 aliphatic rings. The number of nitrogens with zero attached hydrogens (tertiary/aromatic N) is 1. The minimum atomic E-state index is -0.399. The molecule has 88 valence electrons. The molecule has 0 radical (unpaired) electrons. The van der Waals surface area contributed by atoms with E-state index >= 15 is 0 Å². The molecular formula is C11H9NO4S. The fourth-order valence-electron chi connectivity index (χ4n) is 1.38. The van der Waals surface area contributed by atoms with Gasteiger partial charge >= 0.3 is 5.97 Å². The second-order valence-corrected chi connectivity index (χ2v) is 4.02. The Morgan fingerprint density at radius 1 is 1.53 bits per heavy atom. The summed E-state index contributed by atoms with van der Waals surface area (Å²) in [4.78, 5) is 12.0. The highest BCUT2D eigenvalue weighted by molar-refractivity contribution is 7.12. The minimum absolute atomic E-state index is 0.399. The zero-order valence-electron chi connectivity index (χ0n) is 8.91. The summed E-state index contributed by atoms with van der Waals surface area (Å²) in [6.45, 7) is 0. The first kappa shape index (κ1) is 11.4. The summed E-state index contributed by atoms with van der Waals surface area (Å²) in [5.41, 5.74) is 0.666. The number of esters is 1. The van der Waals surface area contributed by atoms with Crippen LogP contribution >= 0.6 is 11.3 Å². The van der Waals surface area contributed by atoms with Crippen molar-refractivity contribution >= 4 is 23.5 Å². The lowest BCUT2D eigenvalue weighted by Gasteiger charge is -1.98. The lowest BCUT2D eigenvalue weighted by molar-refractivity contribution is 0.0607. The molecule has 2 aromatic rings. The standard InChI is InChI=1S/C11H9NO4S/c1-15-11(13)10-8(4-5-17-10)9-3-2-7(16-9)6-12-14/h2-6,14H,1H3/b12-6-. The van der Waals surface area contributed by atoms with Crippen molar-refractivity contribution < 1.29 is 19.2 Å². The summed E-state index contributed by atoms with van der Waals surface area (Å²) in [5, 5.41) is 13.0. The molecule has 0 aromatic carbocycles. The first-order valence-corrected chi connectivity index (χ1v) is 5.57. The largest absolute Gasteiger partial charge is 0.465 e. The van der Waals surface area contributed by atoms with Crippen molar-refractivity contribution in [1.82, 2.24) is 0 Å². The molecule has 0 aliphatic carbocycles. The van der Waals surface area contributed by atoms with Crippen LogP contribution in [0.25, 0.3) is 11.3 Å². The molecule has 2 aromatic heterocycles. The molecule has 0 saturated carbocycles. The van der Waals surface area contributed by atoms with E-state index in [1.807, 2.05) is 0 Å². The summed E-state index contributed by atoms with van der Waals surface area (Å²) in [7, 11) is 1.33. The molecule has 0 amide bonds. The molecule has 1 N–H and O–H groups in total. The fourth-order valence-corrected chi connectivity index (χ4v) is 2.19. The number of furan rings is 1. The number of carbonyl (C=O) groups excluding carboxylic acids is 1. The SMILES string of the molecule is COC(=O)c1sccc1-c1ccc(/C=N\O)o1. The van der Waals surface area contributed by atoms with Crippen LogP contribution in [-0.4, -0.2) is 24.5 Å². The monoisotopic (exact) mass is 251 g/mol. The summed E-state index contributed by atoms with van der Waals surface area (Å²) in [6, 6.07) is 5.12. The molecule has 6 heteroatoms. The molecule has 0 fully saturated rings. The van der Waals surface area contributed by atoms with Gasteiger partial charge in [0.15, 0.2) is 0 Å². The highest BCUT2D eigenvalue weighted by atomic mass is 32.1. The topological polar surface area (TPSA) is 72.0 Å². The number of hydrogen-bond acceptors (Lipinski definition) is 6. The van der Waals surface area contributed by atoms with E-state index in [9.17, 15) is 4.79 Å². The third kappa shape index (κ3) is 2.21. The van der Waals surface area contributed by atoms with Crippen LogP contribution in [0.3, 0.4) is 0 Å². The molecule has 0 unspecified atom stereocenters. The van der Waals surface area contributed by atoms with E-state index in [-0.39, 0.29) is 0 Å². The predicted molar refractivity (Wildman–Crippen MR) is 62.7 cm³/mol. The Morgan fingerprint density at radius 2 is 2.35 bits per heavy atom. The molecule has 0 atom stereocenters. The van der Waals surface area contributed by atoms with Crippen molar-refractivity contribution in [2.75, 3.05) is 7.11 Å². The normalized spacial score (nSPS) is 10.9. The van der Waals surface area contributed by atoms with Gasteiger partial charge < -0.3 is 14.4 Å². The van der Waals surface area contributed by atoms with E-state index in [0.717, 1.165) is 0 Å². The summed E-state index contributed by atoms with van der Waals surface area (Å²) >= 11 is 1.28. The molecule has 2 rings (SSSR count). The number of oxime groups is 1. The van der Waals surface area contributed by atoms with Crippen molar-refractivity contribution in [3.8, 4) is 11.3 Å². The van der Waals surface area contributed by atoms with Crippen LogP contribution in [0.15, 0.2) is 33.2 Å². The molecule has 0 bridgehead atoms. The number of thiophene rings is 1. The van der Waals surface area contributed by atoms with Crippen molar-refractivity contribution in [2.45, 2.75) is 0 Å². The molecule has 17 heavy (non-hydrogen) atoms. The van der Waals surface area contributed by atoms with Gasteiger partial charge in [0, 0.05) is 5.56 Å². The van der Waals surface area contributed by atoms with E-state index in [1.54, 1.807) is 23.6 Å². The molecular weight excluding hydrogens is 242 g/mol. The summed E-state index contributed by atoms with van der Waals surface area (Å²) in [5.74, 6) is 0.537. The van der Waals surface area contributed by atoms with Gasteiger partial charge in [-0.2, -0.15) is 0 Å². The van der Waals surface area contributed by atoms with Gasteiger partial charge in [-0.15, -0.1) is 11.3 Å². The number of carbonyl (C=O) groups is 1. The van der Waals surface area contributed by atoms with E-state index in [1.165, 1.54) is 24.7 Å². The van der Waals surface area contributed by atoms with Crippen LogP contribution in [0.4, 0.5) is 0 Å². The van der Waals surface area contributed by atoms with Crippen molar-refractivity contribution in [3.63, 3.8) is 0 Å². The maximum absolute atomic E-state index is 11.5. The lowest BCUT2D eigenvalue weighted by atomic mass is 10.2. The number of methoxy groups -OCH3 is 1. The van der Waals surface area contributed by atoms with E-state index in [4.69, 9.17) is 9.62 Å². The zero-order chi connectivity index (χ0) is 12.3. The third-order valence-electron chi connectivity index (χ3n) is 2.11. The maximum Gasteiger partial charge on any atom is 0.348 e. The maximum atomic E-state index is 11.5.